The van der Waals surface area contributed by atoms with Gasteiger partial charge in [-0.2, -0.15) is 0 Å². The Labute approximate surface area is 92.7 Å². The van der Waals surface area contributed by atoms with E-state index in [1.807, 2.05) is 0 Å². The predicted molar refractivity (Wildman–Crippen MR) is 62.5 cm³/mol. The van der Waals surface area contributed by atoms with E-state index in [2.05, 4.69) is 13.5 Å². The number of hydrogen-bond acceptors (Lipinski definition) is 3. The first kappa shape index (κ1) is 14.2. The van der Waals surface area contributed by atoms with Gasteiger partial charge in [0.2, 0.25) is 0 Å². The zero-order chi connectivity index (χ0) is 11.7. The zero-order valence-corrected chi connectivity index (χ0v) is 9.92. The highest BCUT2D eigenvalue weighted by Gasteiger charge is 2.13. The molecule has 0 saturated carbocycles. The first-order valence-corrected chi connectivity index (χ1v) is 5.68. The van der Waals surface area contributed by atoms with Crippen LogP contribution in [0.3, 0.4) is 0 Å². The van der Waals surface area contributed by atoms with Crippen LogP contribution in [0, 0.1) is 0 Å². The Morgan fingerprint density at radius 3 is 2.53 bits per heavy atom. The lowest BCUT2D eigenvalue weighted by Gasteiger charge is -2.16. The van der Waals surface area contributed by atoms with Crippen LogP contribution in [0.25, 0.3) is 0 Å². The Hall–Kier alpha value is -0.830. The highest BCUT2D eigenvalue weighted by Crippen LogP contribution is 2.11. The maximum atomic E-state index is 11.3. The number of nitrogens with two attached hydrogens (primary N) is 1. The largest absolute Gasteiger partial charge is 0.459 e. The molecule has 0 rings (SSSR count). The molecular formula is C12H23NO2. The molecule has 0 radical (unpaired) electrons. The lowest BCUT2D eigenvalue weighted by Crippen LogP contribution is -2.22. The molecule has 0 aromatic carbocycles. The summed E-state index contributed by atoms with van der Waals surface area (Å²) >= 11 is 0. The van der Waals surface area contributed by atoms with Crippen molar-refractivity contribution in [1.29, 1.82) is 0 Å². The minimum atomic E-state index is -0.301. The molecule has 0 fully saturated rings. The number of esters is 1. The lowest BCUT2D eigenvalue weighted by molar-refractivity contribution is -0.144. The van der Waals surface area contributed by atoms with Crippen molar-refractivity contribution in [3.05, 3.63) is 12.2 Å². The third-order valence-corrected chi connectivity index (χ3v) is 2.24. The van der Waals surface area contributed by atoms with Gasteiger partial charge in [0.05, 0.1) is 0 Å². The number of hydrogen-bond donors (Lipinski definition) is 1. The normalized spacial score (nSPS) is 12.2. The molecule has 0 saturated heterocycles. The summed E-state index contributed by atoms with van der Waals surface area (Å²) in [6.07, 6.45) is 5.04. The maximum Gasteiger partial charge on any atom is 0.333 e. The van der Waals surface area contributed by atoms with Gasteiger partial charge in [0.15, 0.2) is 0 Å². The van der Waals surface area contributed by atoms with E-state index >= 15 is 0 Å². The van der Waals surface area contributed by atoms with Gasteiger partial charge in [0, 0.05) is 5.57 Å². The molecule has 0 aromatic heterocycles. The molecule has 0 heterocycles. The lowest BCUT2D eigenvalue weighted by atomic mass is 10.1. The van der Waals surface area contributed by atoms with Crippen molar-refractivity contribution >= 4 is 5.97 Å². The summed E-state index contributed by atoms with van der Waals surface area (Å²) in [7, 11) is 0. The Morgan fingerprint density at radius 1 is 1.40 bits per heavy atom. The van der Waals surface area contributed by atoms with Crippen LogP contribution in [-0.2, 0) is 9.53 Å². The number of rotatable bonds is 8. The number of carbonyl (C=O) groups is 1. The quantitative estimate of drug-likeness (QED) is 0.382. The fourth-order valence-electron chi connectivity index (χ4n) is 1.32. The summed E-state index contributed by atoms with van der Waals surface area (Å²) in [5.41, 5.74) is 5.92. The van der Waals surface area contributed by atoms with Crippen LogP contribution in [0.15, 0.2) is 12.2 Å². The molecule has 15 heavy (non-hydrogen) atoms. The van der Waals surface area contributed by atoms with Crippen LogP contribution < -0.4 is 5.73 Å². The summed E-state index contributed by atoms with van der Waals surface area (Å²) in [6, 6.07) is 0. The Morgan fingerprint density at radius 2 is 2.07 bits per heavy atom. The fraction of sp³-hybridized carbons (Fsp3) is 0.750. The molecule has 1 atom stereocenters. The molecule has 0 aliphatic rings. The molecule has 0 amide bonds. The summed E-state index contributed by atoms with van der Waals surface area (Å²) in [6.45, 7) is 7.93. The van der Waals surface area contributed by atoms with E-state index < -0.39 is 0 Å². The molecule has 0 aliphatic heterocycles. The van der Waals surface area contributed by atoms with Gasteiger partial charge in [-0.25, -0.2) is 4.79 Å². The SMILES string of the molecule is C=C(C)C(=O)OC(CCN)CCCCC. The summed E-state index contributed by atoms with van der Waals surface area (Å²) in [5, 5.41) is 0. The van der Waals surface area contributed by atoms with Crippen LogP contribution in [0.1, 0.15) is 46.0 Å². The molecule has 0 aliphatic carbocycles. The van der Waals surface area contributed by atoms with Crippen LogP contribution in [0.2, 0.25) is 0 Å². The third-order valence-electron chi connectivity index (χ3n) is 2.24. The van der Waals surface area contributed by atoms with Crippen molar-refractivity contribution in [2.75, 3.05) is 6.54 Å². The molecular weight excluding hydrogens is 190 g/mol. The van der Waals surface area contributed by atoms with E-state index in [-0.39, 0.29) is 12.1 Å². The summed E-state index contributed by atoms with van der Waals surface area (Å²) in [5.74, 6) is -0.301. The first-order valence-electron chi connectivity index (χ1n) is 5.68. The summed E-state index contributed by atoms with van der Waals surface area (Å²) in [4.78, 5) is 11.3. The number of ether oxygens (including phenoxy) is 1. The van der Waals surface area contributed by atoms with Crippen molar-refractivity contribution in [3.63, 3.8) is 0 Å². The standard InChI is InChI=1S/C12H23NO2/c1-4-5-6-7-11(8-9-13)15-12(14)10(2)3/h11H,2,4-9,13H2,1,3H3. The molecule has 88 valence electrons. The molecule has 1 unspecified atom stereocenters. The van der Waals surface area contributed by atoms with Crippen molar-refractivity contribution in [3.8, 4) is 0 Å². The number of carbonyl (C=O) groups excluding carboxylic acids is 1. The van der Waals surface area contributed by atoms with Crippen LogP contribution in [0.5, 0.6) is 0 Å². The Kier molecular flexibility index (Phi) is 8.01. The zero-order valence-electron chi connectivity index (χ0n) is 9.92. The van der Waals surface area contributed by atoms with Gasteiger partial charge < -0.3 is 10.5 Å². The Bertz CT molecular complexity index is 202. The highest BCUT2D eigenvalue weighted by atomic mass is 16.5. The smallest absolute Gasteiger partial charge is 0.333 e. The van der Waals surface area contributed by atoms with Gasteiger partial charge in [-0.15, -0.1) is 0 Å². The molecule has 2 N–H and O–H groups in total. The number of unbranched alkanes of at least 4 members (excludes halogenated alkanes) is 2. The Balaban J connectivity index is 3.91. The molecule has 0 aromatic rings. The summed E-state index contributed by atoms with van der Waals surface area (Å²) < 4.78 is 5.28. The van der Waals surface area contributed by atoms with E-state index in [4.69, 9.17) is 10.5 Å². The van der Waals surface area contributed by atoms with Crippen molar-refractivity contribution in [2.24, 2.45) is 5.73 Å². The molecule has 0 bridgehead atoms. The van der Waals surface area contributed by atoms with Gasteiger partial charge in [0.1, 0.15) is 6.10 Å². The minimum absolute atomic E-state index is 0.0363. The average molecular weight is 213 g/mol. The van der Waals surface area contributed by atoms with E-state index in [0.29, 0.717) is 12.1 Å². The van der Waals surface area contributed by atoms with Gasteiger partial charge in [-0.3, -0.25) is 0 Å². The van der Waals surface area contributed by atoms with Gasteiger partial charge in [0.25, 0.3) is 0 Å². The first-order chi connectivity index (χ1) is 7.11. The van der Waals surface area contributed by atoms with E-state index in [1.165, 1.54) is 12.8 Å². The van der Waals surface area contributed by atoms with Crippen molar-refractivity contribution < 1.29 is 9.53 Å². The van der Waals surface area contributed by atoms with E-state index in [9.17, 15) is 4.79 Å². The molecule has 3 nitrogen and oxygen atoms in total. The van der Waals surface area contributed by atoms with Crippen molar-refractivity contribution in [1.82, 2.24) is 0 Å². The second-order valence-corrected chi connectivity index (χ2v) is 3.88. The molecule has 3 heteroatoms. The van der Waals surface area contributed by atoms with Crippen LogP contribution in [0.4, 0.5) is 0 Å². The third kappa shape index (κ3) is 7.14. The van der Waals surface area contributed by atoms with E-state index in [0.717, 1.165) is 19.3 Å². The highest BCUT2D eigenvalue weighted by molar-refractivity contribution is 5.87. The van der Waals surface area contributed by atoms with Gasteiger partial charge in [-0.1, -0.05) is 26.3 Å². The van der Waals surface area contributed by atoms with Gasteiger partial charge >= 0.3 is 5.97 Å². The van der Waals surface area contributed by atoms with E-state index in [1.54, 1.807) is 6.92 Å². The monoisotopic (exact) mass is 213 g/mol. The second kappa shape index (κ2) is 8.48. The average Bonchev–Trinajstić information content (AvgIpc) is 2.18. The van der Waals surface area contributed by atoms with Gasteiger partial charge in [-0.05, 0) is 32.7 Å². The minimum Gasteiger partial charge on any atom is -0.459 e. The van der Waals surface area contributed by atoms with Crippen molar-refractivity contribution in [2.45, 2.75) is 52.1 Å². The van der Waals surface area contributed by atoms with Crippen LogP contribution >= 0.6 is 0 Å². The molecule has 0 spiro atoms. The fourth-order valence-corrected chi connectivity index (χ4v) is 1.32. The van der Waals surface area contributed by atoms with Crippen LogP contribution in [-0.4, -0.2) is 18.6 Å². The topological polar surface area (TPSA) is 52.3 Å². The predicted octanol–water partition coefficient (Wildman–Crippen LogP) is 2.40. The maximum absolute atomic E-state index is 11.3. The second-order valence-electron chi connectivity index (χ2n) is 3.88.